The van der Waals surface area contributed by atoms with Crippen molar-refractivity contribution in [2.75, 3.05) is 13.1 Å². The van der Waals surface area contributed by atoms with Gasteiger partial charge in [-0.2, -0.15) is 0 Å². The summed E-state index contributed by atoms with van der Waals surface area (Å²) in [5, 5.41) is 6.38. The Hall–Kier alpha value is -2.43. The molecule has 0 unspecified atom stereocenters. The fourth-order valence-corrected chi connectivity index (χ4v) is 2.48. The van der Waals surface area contributed by atoms with Crippen LogP contribution in [0.4, 0.5) is 0 Å². The van der Waals surface area contributed by atoms with Crippen LogP contribution in [-0.2, 0) is 4.79 Å². The van der Waals surface area contributed by atoms with E-state index in [2.05, 4.69) is 15.6 Å². The first kappa shape index (κ1) is 14.5. The molecule has 22 heavy (non-hydrogen) atoms. The lowest BCUT2D eigenvalue weighted by Crippen LogP contribution is -2.33. The minimum atomic E-state index is -0.120. The lowest BCUT2D eigenvalue weighted by Gasteiger charge is -2.10. The van der Waals surface area contributed by atoms with Crippen LogP contribution in [0.15, 0.2) is 30.3 Å². The second-order valence-electron chi connectivity index (χ2n) is 5.62. The van der Waals surface area contributed by atoms with Gasteiger partial charge < -0.3 is 10.6 Å². The summed E-state index contributed by atoms with van der Waals surface area (Å²) in [6.07, 6.45) is 2.30. The fourth-order valence-electron chi connectivity index (χ4n) is 2.48. The van der Waals surface area contributed by atoms with Gasteiger partial charge in [-0.15, -0.1) is 0 Å². The number of carbonyl (C=O) groups is 2. The second kappa shape index (κ2) is 6.13. The van der Waals surface area contributed by atoms with E-state index < -0.39 is 0 Å². The molecule has 0 saturated heterocycles. The van der Waals surface area contributed by atoms with Crippen molar-refractivity contribution in [1.82, 2.24) is 15.6 Å². The maximum absolute atomic E-state index is 12.4. The number of aromatic nitrogens is 1. The van der Waals surface area contributed by atoms with Crippen LogP contribution < -0.4 is 10.6 Å². The number of fused-ring (bicyclic) bond motifs is 1. The van der Waals surface area contributed by atoms with Gasteiger partial charge >= 0.3 is 0 Å². The zero-order chi connectivity index (χ0) is 15.5. The Morgan fingerprint density at radius 3 is 2.64 bits per heavy atom. The number of nitrogens with zero attached hydrogens (tertiary/aromatic N) is 1. The molecule has 1 aromatic heterocycles. The number of hydrogen-bond acceptors (Lipinski definition) is 3. The zero-order valence-electron chi connectivity index (χ0n) is 12.6. The second-order valence-corrected chi connectivity index (χ2v) is 5.62. The SMILES string of the molecule is CC(=O)NCCNC(=O)c1cc(C2CC2)nc2ccccc12. The molecule has 3 rings (SSSR count). The van der Waals surface area contributed by atoms with Gasteiger partial charge in [0.2, 0.25) is 5.91 Å². The lowest BCUT2D eigenvalue weighted by molar-refractivity contribution is -0.118. The van der Waals surface area contributed by atoms with E-state index in [1.54, 1.807) is 0 Å². The van der Waals surface area contributed by atoms with E-state index in [-0.39, 0.29) is 11.8 Å². The molecule has 1 aromatic carbocycles. The third-order valence-electron chi connectivity index (χ3n) is 3.76. The summed E-state index contributed by atoms with van der Waals surface area (Å²) >= 11 is 0. The summed E-state index contributed by atoms with van der Waals surface area (Å²) in [6.45, 7) is 2.30. The van der Waals surface area contributed by atoms with E-state index in [0.717, 1.165) is 29.4 Å². The summed E-state index contributed by atoms with van der Waals surface area (Å²) < 4.78 is 0. The van der Waals surface area contributed by atoms with Crippen molar-refractivity contribution in [3.05, 3.63) is 41.6 Å². The van der Waals surface area contributed by atoms with Gasteiger partial charge in [0.25, 0.3) is 5.91 Å². The normalized spacial score (nSPS) is 13.9. The lowest BCUT2D eigenvalue weighted by atomic mass is 10.1. The van der Waals surface area contributed by atoms with Crippen molar-refractivity contribution in [3.63, 3.8) is 0 Å². The van der Waals surface area contributed by atoms with E-state index >= 15 is 0 Å². The molecule has 1 heterocycles. The largest absolute Gasteiger partial charge is 0.355 e. The molecule has 1 fully saturated rings. The Morgan fingerprint density at radius 1 is 1.18 bits per heavy atom. The van der Waals surface area contributed by atoms with Crippen LogP contribution in [0.3, 0.4) is 0 Å². The topological polar surface area (TPSA) is 71.1 Å². The molecular formula is C17H19N3O2. The highest BCUT2D eigenvalue weighted by atomic mass is 16.2. The van der Waals surface area contributed by atoms with Gasteiger partial charge in [-0.25, -0.2) is 0 Å². The Kier molecular flexibility index (Phi) is 4.04. The summed E-state index contributed by atoms with van der Waals surface area (Å²) in [4.78, 5) is 27.9. The highest BCUT2D eigenvalue weighted by Crippen LogP contribution is 2.40. The quantitative estimate of drug-likeness (QED) is 0.829. The number of carbonyl (C=O) groups excluding carboxylic acids is 2. The summed E-state index contributed by atoms with van der Waals surface area (Å²) in [6, 6.07) is 9.62. The van der Waals surface area contributed by atoms with Crippen LogP contribution >= 0.6 is 0 Å². The predicted molar refractivity (Wildman–Crippen MR) is 84.7 cm³/mol. The molecule has 1 aliphatic rings. The van der Waals surface area contributed by atoms with E-state index in [1.807, 2.05) is 30.3 Å². The number of nitrogens with one attached hydrogen (secondary N) is 2. The molecule has 2 N–H and O–H groups in total. The van der Waals surface area contributed by atoms with Crippen LogP contribution in [0.5, 0.6) is 0 Å². The molecule has 2 amide bonds. The monoisotopic (exact) mass is 297 g/mol. The first-order valence-electron chi connectivity index (χ1n) is 7.57. The Morgan fingerprint density at radius 2 is 1.91 bits per heavy atom. The van der Waals surface area contributed by atoms with Gasteiger partial charge in [0.1, 0.15) is 0 Å². The van der Waals surface area contributed by atoms with Crippen molar-refractivity contribution in [3.8, 4) is 0 Å². The van der Waals surface area contributed by atoms with E-state index in [4.69, 9.17) is 0 Å². The molecule has 1 aliphatic carbocycles. The number of rotatable bonds is 5. The van der Waals surface area contributed by atoms with Crippen LogP contribution in [-0.4, -0.2) is 29.9 Å². The molecule has 1 saturated carbocycles. The first-order valence-corrected chi connectivity index (χ1v) is 7.57. The van der Waals surface area contributed by atoms with Crippen LogP contribution in [0.2, 0.25) is 0 Å². The van der Waals surface area contributed by atoms with Gasteiger partial charge in [0, 0.05) is 37.0 Å². The van der Waals surface area contributed by atoms with Crippen molar-refractivity contribution in [1.29, 1.82) is 0 Å². The number of benzene rings is 1. The standard InChI is InChI=1S/C17H19N3O2/c1-11(21)18-8-9-19-17(22)14-10-16(12-6-7-12)20-15-5-3-2-4-13(14)15/h2-5,10,12H,6-9H2,1H3,(H,18,21)(H,19,22). The highest BCUT2D eigenvalue weighted by molar-refractivity contribution is 6.06. The average molecular weight is 297 g/mol. The Balaban J connectivity index is 1.81. The highest BCUT2D eigenvalue weighted by Gasteiger charge is 2.26. The number of amides is 2. The van der Waals surface area contributed by atoms with Gasteiger partial charge in [0.15, 0.2) is 0 Å². The van der Waals surface area contributed by atoms with Gasteiger partial charge in [-0.1, -0.05) is 18.2 Å². The van der Waals surface area contributed by atoms with Crippen molar-refractivity contribution in [2.24, 2.45) is 0 Å². The fraction of sp³-hybridized carbons (Fsp3) is 0.353. The Bertz CT molecular complexity index is 723. The van der Waals surface area contributed by atoms with E-state index in [0.29, 0.717) is 24.6 Å². The van der Waals surface area contributed by atoms with Crippen LogP contribution in [0.1, 0.15) is 41.7 Å². The van der Waals surface area contributed by atoms with Gasteiger partial charge in [-0.3, -0.25) is 14.6 Å². The van der Waals surface area contributed by atoms with Crippen molar-refractivity contribution < 1.29 is 9.59 Å². The van der Waals surface area contributed by atoms with Crippen LogP contribution in [0, 0.1) is 0 Å². The number of para-hydroxylation sites is 1. The molecule has 0 aliphatic heterocycles. The molecule has 2 aromatic rings. The third kappa shape index (κ3) is 3.24. The Labute approximate surface area is 129 Å². The molecule has 0 atom stereocenters. The number of pyridine rings is 1. The summed E-state index contributed by atoms with van der Waals surface area (Å²) in [5.74, 6) is 0.279. The maximum atomic E-state index is 12.4. The van der Waals surface area contributed by atoms with E-state index in [9.17, 15) is 9.59 Å². The van der Waals surface area contributed by atoms with E-state index in [1.165, 1.54) is 6.92 Å². The smallest absolute Gasteiger partial charge is 0.252 e. The number of hydrogen-bond donors (Lipinski definition) is 2. The average Bonchev–Trinajstić information content (AvgIpc) is 3.35. The molecule has 0 spiro atoms. The molecule has 5 heteroatoms. The summed E-state index contributed by atoms with van der Waals surface area (Å²) in [5.41, 5.74) is 2.53. The third-order valence-corrected chi connectivity index (χ3v) is 3.76. The zero-order valence-corrected chi connectivity index (χ0v) is 12.6. The minimum absolute atomic E-state index is 0.0976. The van der Waals surface area contributed by atoms with Crippen molar-refractivity contribution >= 4 is 22.7 Å². The molecule has 0 bridgehead atoms. The van der Waals surface area contributed by atoms with Crippen molar-refractivity contribution in [2.45, 2.75) is 25.7 Å². The van der Waals surface area contributed by atoms with Gasteiger partial charge in [-0.05, 0) is 25.0 Å². The maximum Gasteiger partial charge on any atom is 0.252 e. The molecular weight excluding hydrogens is 278 g/mol. The van der Waals surface area contributed by atoms with Crippen LogP contribution in [0.25, 0.3) is 10.9 Å². The molecule has 0 radical (unpaired) electrons. The first-order chi connectivity index (χ1) is 10.6. The summed E-state index contributed by atoms with van der Waals surface area (Å²) in [7, 11) is 0. The molecule has 114 valence electrons. The van der Waals surface area contributed by atoms with Gasteiger partial charge in [0.05, 0.1) is 11.1 Å². The minimum Gasteiger partial charge on any atom is -0.355 e. The predicted octanol–water partition coefficient (Wildman–Crippen LogP) is 1.98. The molecule has 5 nitrogen and oxygen atoms in total.